The van der Waals surface area contributed by atoms with Gasteiger partial charge in [0.2, 0.25) is 5.95 Å². The molecule has 0 radical (unpaired) electrons. The average Bonchev–Trinajstić information content (AvgIpc) is 3.10. The molecule has 1 aliphatic rings. The van der Waals surface area contributed by atoms with Gasteiger partial charge in [-0.3, -0.25) is 0 Å². The van der Waals surface area contributed by atoms with Gasteiger partial charge >= 0.3 is 0 Å². The van der Waals surface area contributed by atoms with Crippen LogP contribution in [0.15, 0.2) is 54.6 Å². The molecule has 24 heavy (non-hydrogen) atoms. The number of hydrogen-bond donors (Lipinski definition) is 1. The van der Waals surface area contributed by atoms with Crippen LogP contribution in [0.1, 0.15) is 17.2 Å². The van der Waals surface area contributed by atoms with Gasteiger partial charge in [0, 0.05) is 11.3 Å². The number of anilines is 1. The first-order chi connectivity index (χ1) is 11.7. The molecular formula is C17H14FN5O. The van der Waals surface area contributed by atoms with E-state index in [9.17, 15) is 4.39 Å². The molecule has 0 saturated carbocycles. The first-order valence-corrected chi connectivity index (χ1v) is 7.41. The van der Waals surface area contributed by atoms with E-state index in [-0.39, 0.29) is 11.9 Å². The van der Waals surface area contributed by atoms with Crippen LogP contribution in [0.2, 0.25) is 0 Å². The summed E-state index contributed by atoms with van der Waals surface area (Å²) in [6, 6.07) is 13.8. The van der Waals surface area contributed by atoms with E-state index in [1.54, 1.807) is 23.9 Å². The number of rotatable bonds is 3. The molecule has 0 aliphatic carbocycles. The summed E-state index contributed by atoms with van der Waals surface area (Å²) in [6.45, 7) is 0. The normalized spacial score (nSPS) is 16.1. The Labute approximate surface area is 137 Å². The van der Waals surface area contributed by atoms with Gasteiger partial charge in [0.15, 0.2) is 0 Å². The number of allylic oxidation sites excluding steroid dienone is 1. The number of methoxy groups -OCH3 is 1. The molecule has 120 valence electrons. The molecule has 2 heterocycles. The van der Waals surface area contributed by atoms with E-state index in [2.05, 4.69) is 20.8 Å². The zero-order valence-electron chi connectivity index (χ0n) is 12.8. The molecule has 0 saturated heterocycles. The van der Waals surface area contributed by atoms with Crippen LogP contribution in [0.4, 0.5) is 10.3 Å². The Hall–Kier alpha value is -3.22. The minimum Gasteiger partial charge on any atom is -0.497 e. The highest BCUT2D eigenvalue weighted by Crippen LogP contribution is 2.32. The maximum absolute atomic E-state index is 13.2. The van der Waals surface area contributed by atoms with E-state index >= 15 is 0 Å². The van der Waals surface area contributed by atoms with Crippen LogP contribution in [0, 0.1) is 5.82 Å². The molecule has 1 aromatic heterocycles. The average molecular weight is 323 g/mol. The summed E-state index contributed by atoms with van der Waals surface area (Å²) in [4.78, 5) is 0. The van der Waals surface area contributed by atoms with E-state index < -0.39 is 0 Å². The number of benzene rings is 2. The number of aromatic nitrogens is 4. The molecular weight excluding hydrogens is 309 g/mol. The van der Waals surface area contributed by atoms with Crippen molar-refractivity contribution in [2.75, 3.05) is 12.4 Å². The van der Waals surface area contributed by atoms with Gasteiger partial charge < -0.3 is 10.1 Å². The molecule has 0 bridgehead atoms. The van der Waals surface area contributed by atoms with Crippen LogP contribution in [-0.4, -0.2) is 27.3 Å². The first-order valence-electron chi connectivity index (χ1n) is 7.41. The van der Waals surface area contributed by atoms with E-state index in [1.165, 1.54) is 12.1 Å². The Morgan fingerprint density at radius 2 is 2.00 bits per heavy atom. The maximum Gasteiger partial charge on any atom is 0.248 e. The number of halogens is 1. The minimum atomic E-state index is -0.276. The van der Waals surface area contributed by atoms with Crippen LogP contribution < -0.4 is 10.1 Å². The highest BCUT2D eigenvalue weighted by atomic mass is 19.1. The molecule has 1 aliphatic heterocycles. The van der Waals surface area contributed by atoms with Crippen LogP contribution in [-0.2, 0) is 0 Å². The predicted octanol–water partition coefficient (Wildman–Crippen LogP) is 2.88. The number of hydrogen-bond acceptors (Lipinski definition) is 5. The molecule has 0 spiro atoms. The summed E-state index contributed by atoms with van der Waals surface area (Å²) in [5, 5.41) is 15.0. The van der Waals surface area contributed by atoms with Crippen molar-refractivity contribution >= 4 is 11.6 Å². The fraction of sp³-hybridized carbons (Fsp3) is 0.118. The number of tetrazole rings is 1. The topological polar surface area (TPSA) is 64.9 Å². The van der Waals surface area contributed by atoms with Gasteiger partial charge in [0.05, 0.1) is 7.11 Å². The number of ether oxygens (including phenoxy) is 1. The van der Waals surface area contributed by atoms with Gasteiger partial charge in [-0.2, -0.15) is 4.68 Å². The lowest BCUT2D eigenvalue weighted by atomic mass is 10.0. The summed E-state index contributed by atoms with van der Waals surface area (Å²) < 4.78 is 20.2. The van der Waals surface area contributed by atoms with E-state index in [4.69, 9.17) is 4.74 Å². The number of nitrogens with zero attached hydrogens (tertiary/aromatic N) is 4. The predicted molar refractivity (Wildman–Crippen MR) is 86.9 cm³/mol. The van der Waals surface area contributed by atoms with Crippen molar-refractivity contribution in [3.8, 4) is 5.75 Å². The number of fused-ring (bicyclic) bond motifs is 1. The summed E-state index contributed by atoms with van der Waals surface area (Å²) >= 11 is 0. The Bertz CT molecular complexity index is 903. The fourth-order valence-electron chi connectivity index (χ4n) is 2.71. The van der Waals surface area contributed by atoms with Crippen molar-refractivity contribution in [1.82, 2.24) is 20.2 Å². The Morgan fingerprint density at radius 3 is 2.79 bits per heavy atom. The van der Waals surface area contributed by atoms with Crippen molar-refractivity contribution in [3.63, 3.8) is 0 Å². The minimum absolute atomic E-state index is 0.224. The number of nitrogens with one attached hydrogen (secondary N) is 1. The second kappa shape index (κ2) is 5.77. The van der Waals surface area contributed by atoms with Crippen molar-refractivity contribution in [2.45, 2.75) is 6.04 Å². The summed E-state index contributed by atoms with van der Waals surface area (Å²) in [5.41, 5.74) is 2.72. The molecule has 1 N–H and O–H groups in total. The Kier molecular flexibility index (Phi) is 3.45. The van der Waals surface area contributed by atoms with Crippen molar-refractivity contribution in [1.29, 1.82) is 0 Å². The SMILES string of the molecule is COc1cccc(C2=C[C@@H](c3ccc(F)cc3)n3nnnc3N2)c1. The van der Waals surface area contributed by atoms with Gasteiger partial charge in [-0.25, -0.2) is 4.39 Å². The van der Waals surface area contributed by atoms with E-state index in [1.807, 2.05) is 30.3 Å². The van der Waals surface area contributed by atoms with Crippen LogP contribution in [0.25, 0.3) is 5.70 Å². The Balaban J connectivity index is 1.79. The van der Waals surface area contributed by atoms with Gasteiger partial charge in [-0.05, 0) is 46.3 Å². The van der Waals surface area contributed by atoms with Gasteiger partial charge in [-0.1, -0.05) is 29.4 Å². The lowest BCUT2D eigenvalue weighted by Gasteiger charge is -2.23. The molecule has 7 heteroatoms. The third-order valence-electron chi connectivity index (χ3n) is 3.92. The molecule has 3 aromatic rings. The molecule has 2 aromatic carbocycles. The fourth-order valence-corrected chi connectivity index (χ4v) is 2.71. The zero-order chi connectivity index (χ0) is 16.5. The molecule has 1 atom stereocenters. The zero-order valence-corrected chi connectivity index (χ0v) is 12.8. The third-order valence-corrected chi connectivity index (χ3v) is 3.92. The van der Waals surface area contributed by atoms with E-state index in [0.717, 1.165) is 22.6 Å². The van der Waals surface area contributed by atoms with Crippen molar-refractivity contribution in [2.24, 2.45) is 0 Å². The Morgan fingerprint density at radius 1 is 1.17 bits per heavy atom. The largest absolute Gasteiger partial charge is 0.497 e. The van der Waals surface area contributed by atoms with Crippen LogP contribution in [0.3, 0.4) is 0 Å². The van der Waals surface area contributed by atoms with Crippen molar-refractivity contribution in [3.05, 3.63) is 71.6 Å². The monoisotopic (exact) mass is 323 g/mol. The molecule has 4 rings (SSSR count). The van der Waals surface area contributed by atoms with Crippen LogP contribution in [0.5, 0.6) is 5.75 Å². The third kappa shape index (κ3) is 2.50. The van der Waals surface area contributed by atoms with E-state index in [0.29, 0.717) is 5.95 Å². The lowest BCUT2D eigenvalue weighted by molar-refractivity contribution is 0.414. The molecule has 6 nitrogen and oxygen atoms in total. The highest BCUT2D eigenvalue weighted by Gasteiger charge is 2.24. The summed E-state index contributed by atoms with van der Waals surface area (Å²) in [7, 11) is 1.63. The molecule has 0 amide bonds. The lowest BCUT2D eigenvalue weighted by Crippen LogP contribution is -2.20. The van der Waals surface area contributed by atoms with Crippen molar-refractivity contribution < 1.29 is 9.13 Å². The molecule has 0 unspecified atom stereocenters. The molecule has 0 fully saturated rings. The van der Waals surface area contributed by atoms with Crippen LogP contribution >= 0.6 is 0 Å². The smallest absolute Gasteiger partial charge is 0.248 e. The maximum atomic E-state index is 13.2. The van der Waals surface area contributed by atoms with Gasteiger partial charge in [-0.15, -0.1) is 0 Å². The summed E-state index contributed by atoms with van der Waals surface area (Å²) in [5.74, 6) is 1.02. The van der Waals surface area contributed by atoms with Gasteiger partial charge in [0.25, 0.3) is 0 Å². The first kappa shape index (κ1) is 14.4. The highest BCUT2D eigenvalue weighted by molar-refractivity contribution is 5.77. The quantitative estimate of drug-likeness (QED) is 0.803. The summed E-state index contributed by atoms with van der Waals surface area (Å²) in [6.07, 6.45) is 2.01. The second-order valence-corrected chi connectivity index (χ2v) is 5.38. The second-order valence-electron chi connectivity index (χ2n) is 5.38. The standard InChI is InChI=1S/C17H14FN5O/c1-24-14-4-2-3-12(9-14)15-10-16(11-5-7-13(18)8-6-11)23-17(19-15)20-21-22-23/h2-10,16H,1H3,(H,19,20,22)/t16-/m0/s1. The van der Waals surface area contributed by atoms with Gasteiger partial charge in [0.1, 0.15) is 17.6 Å².